The molecule has 1 saturated heterocycles. The van der Waals surface area contributed by atoms with Gasteiger partial charge < -0.3 is 25.2 Å². The molecule has 0 spiro atoms. The smallest absolute Gasteiger partial charge is 0.227 e. The number of aliphatic hydroxyl groups is 1. The van der Waals surface area contributed by atoms with Crippen molar-refractivity contribution >= 4 is 17.5 Å². The second-order valence-electron chi connectivity index (χ2n) is 10.8. The highest BCUT2D eigenvalue weighted by atomic mass is 16.6. The number of fused-ring (bicyclic) bond motifs is 3. The Kier molecular flexibility index (Phi) is 7.35. The van der Waals surface area contributed by atoms with Crippen molar-refractivity contribution in [1.82, 2.24) is 5.32 Å². The molecule has 202 valence electrons. The van der Waals surface area contributed by atoms with Crippen LogP contribution in [-0.4, -0.2) is 41.8 Å². The monoisotopic (exact) mass is 526 g/mol. The maximum Gasteiger partial charge on any atom is 0.227 e. The second kappa shape index (κ2) is 11.2. The van der Waals surface area contributed by atoms with Gasteiger partial charge in [0.1, 0.15) is 18.0 Å². The highest BCUT2D eigenvalue weighted by molar-refractivity contribution is 5.93. The molecule has 2 aliphatic heterocycles. The van der Waals surface area contributed by atoms with Gasteiger partial charge in [0, 0.05) is 29.6 Å². The number of amides is 2. The molecule has 0 bridgehead atoms. The number of rotatable bonds is 8. The van der Waals surface area contributed by atoms with Gasteiger partial charge >= 0.3 is 0 Å². The number of aliphatic hydroxyl groups excluding tert-OH is 1. The lowest BCUT2D eigenvalue weighted by molar-refractivity contribution is -0.142. The van der Waals surface area contributed by atoms with Crippen LogP contribution in [0.15, 0.2) is 72.8 Å². The molecule has 1 saturated carbocycles. The molecule has 3 N–H and O–H groups in total. The number of carbonyl (C=O) groups is 2. The summed E-state index contributed by atoms with van der Waals surface area (Å²) in [6.07, 6.45) is 2.64. The van der Waals surface area contributed by atoms with E-state index in [-0.39, 0.29) is 48.9 Å². The van der Waals surface area contributed by atoms with E-state index in [0.717, 1.165) is 53.0 Å². The summed E-state index contributed by atoms with van der Waals surface area (Å²) in [5, 5.41) is 16.1. The summed E-state index contributed by atoms with van der Waals surface area (Å²) in [4.78, 5) is 25.3. The number of benzene rings is 3. The number of nitrogens with one attached hydrogen (secondary N) is 2. The van der Waals surface area contributed by atoms with Crippen LogP contribution in [0.25, 0.3) is 11.1 Å². The molecule has 4 atom stereocenters. The van der Waals surface area contributed by atoms with Gasteiger partial charge in [-0.25, -0.2) is 0 Å². The molecule has 7 heteroatoms. The van der Waals surface area contributed by atoms with Crippen molar-refractivity contribution in [3.63, 3.8) is 0 Å². The van der Waals surface area contributed by atoms with Gasteiger partial charge in [-0.3, -0.25) is 9.59 Å². The SMILES string of the molecule is O=C(C[C@H]1C[C@@H]2c3cc(NC(=O)C4CCC4)ccc3O[C@@H]2[C@H](CO)O1)NCc1ccc(-c2ccccc2)cc1. The van der Waals surface area contributed by atoms with Crippen LogP contribution in [0.4, 0.5) is 5.69 Å². The molecule has 0 aromatic heterocycles. The van der Waals surface area contributed by atoms with Crippen molar-refractivity contribution < 1.29 is 24.2 Å². The van der Waals surface area contributed by atoms with Crippen LogP contribution in [0, 0.1) is 5.92 Å². The molecule has 2 amide bonds. The molecule has 0 unspecified atom stereocenters. The number of hydrogen-bond acceptors (Lipinski definition) is 5. The Labute approximate surface area is 228 Å². The van der Waals surface area contributed by atoms with Crippen molar-refractivity contribution in [2.45, 2.75) is 62.9 Å². The van der Waals surface area contributed by atoms with Gasteiger partial charge in [0.2, 0.25) is 11.8 Å². The highest BCUT2D eigenvalue weighted by Gasteiger charge is 2.46. The highest BCUT2D eigenvalue weighted by Crippen LogP contribution is 2.47. The van der Waals surface area contributed by atoms with Crippen LogP contribution in [0.5, 0.6) is 5.75 Å². The number of anilines is 1. The van der Waals surface area contributed by atoms with E-state index < -0.39 is 6.10 Å². The van der Waals surface area contributed by atoms with Crippen LogP contribution < -0.4 is 15.4 Å². The first-order valence-corrected chi connectivity index (χ1v) is 13.9. The molecule has 3 aromatic carbocycles. The lowest BCUT2D eigenvalue weighted by Gasteiger charge is -2.37. The standard InChI is InChI=1S/C32H34N2O5/c35-19-29-31-27(26-15-24(13-14-28(26)39-31)34-32(37)23-7-4-8-23)16-25(38-29)17-30(36)33-18-20-9-11-22(12-10-20)21-5-2-1-3-6-21/h1-3,5-6,9-15,23,25,27,29,31,35H,4,7-8,16-19H2,(H,33,36)(H,34,37)/t25-,27-,29+,31+/m1/s1. The maximum atomic E-state index is 12.8. The number of carbonyl (C=O) groups excluding carboxylic acids is 2. The zero-order valence-electron chi connectivity index (χ0n) is 21.8. The topological polar surface area (TPSA) is 96.9 Å². The van der Waals surface area contributed by atoms with E-state index >= 15 is 0 Å². The predicted octanol–water partition coefficient (Wildman–Crippen LogP) is 4.79. The van der Waals surface area contributed by atoms with Crippen LogP contribution >= 0.6 is 0 Å². The van der Waals surface area contributed by atoms with Crippen molar-refractivity contribution in [3.8, 4) is 16.9 Å². The maximum absolute atomic E-state index is 12.8. The van der Waals surface area contributed by atoms with Crippen LogP contribution in [-0.2, 0) is 20.9 Å². The first kappa shape index (κ1) is 25.6. The average Bonchev–Trinajstić information content (AvgIpc) is 3.29. The molecule has 0 radical (unpaired) electrons. The summed E-state index contributed by atoms with van der Waals surface area (Å²) in [5.41, 5.74) is 5.07. The third-order valence-corrected chi connectivity index (χ3v) is 8.21. The Morgan fingerprint density at radius 1 is 0.949 bits per heavy atom. The summed E-state index contributed by atoms with van der Waals surface area (Å²) in [6.45, 7) is 0.248. The van der Waals surface area contributed by atoms with Gasteiger partial charge in [0.25, 0.3) is 0 Å². The number of ether oxygens (including phenoxy) is 2. The van der Waals surface area contributed by atoms with E-state index in [9.17, 15) is 14.7 Å². The fourth-order valence-corrected chi connectivity index (χ4v) is 5.81. The van der Waals surface area contributed by atoms with Gasteiger partial charge in [-0.15, -0.1) is 0 Å². The normalized spacial score (nSPS) is 23.6. The first-order valence-electron chi connectivity index (χ1n) is 13.9. The van der Waals surface area contributed by atoms with Crippen molar-refractivity contribution in [2.24, 2.45) is 5.92 Å². The van der Waals surface area contributed by atoms with E-state index in [4.69, 9.17) is 9.47 Å². The molecule has 3 aromatic rings. The van der Waals surface area contributed by atoms with Gasteiger partial charge in [0.15, 0.2) is 0 Å². The van der Waals surface area contributed by atoms with E-state index in [0.29, 0.717) is 13.0 Å². The van der Waals surface area contributed by atoms with Crippen LogP contribution in [0.1, 0.15) is 49.1 Å². The van der Waals surface area contributed by atoms with E-state index in [1.165, 1.54) is 0 Å². The average molecular weight is 527 g/mol. The third-order valence-electron chi connectivity index (χ3n) is 8.21. The molecule has 39 heavy (non-hydrogen) atoms. The molecule has 6 rings (SSSR count). The fourth-order valence-electron chi connectivity index (χ4n) is 5.81. The zero-order valence-corrected chi connectivity index (χ0v) is 21.8. The Balaban J connectivity index is 1.07. The Morgan fingerprint density at radius 2 is 1.72 bits per heavy atom. The minimum Gasteiger partial charge on any atom is -0.487 e. The van der Waals surface area contributed by atoms with Crippen molar-refractivity contribution in [2.75, 3.05) is 11.9 Å². The molecule has 2 fully saturated rings. The minimum absolute atomic E-state index is 0.0187. The van der Waals surface area contributed by atoms with E-state index in [2.05, 4.69) is 34.9 Å². The number of hydrogen-bond donors (Lipinski definition) is 3. The summed E-state index contributed by atoms with van der Waals surface area (Å²) in [6, 6.07) is 24.1. The van der Waals surface area contributed by atoms with Gasteiger partial charge in [-0.1, -0.05) is 61.0 Å². The summed E-state index contributed by atoms with van der Waals surface area (Å²) in [5.74, 6) is 0.811. The van der Waals surface area contributed by atoms with Crippen LogP contribution in [0.3, 0.4) is 0 Å². The Bertz CT molecular complexity index is 1320. The molecule has 2 heterocycles. The molecule has 1 aliphatic carbocycles. The Morgan fingerprint density at radius 3 is 2.44 bits per heavy atom. The van der Waals surface area contributed by atoms with E-state index in [1.807, 2.05) is 48.5 Å². The molecule has 7 nitrogen and oxygen atoms in total. The summed E-state index contributed by atoms with van der Waals surface area (Å²) < 4.78 is 12.3. The predicted molar refractivity (Wildman–Crippen MR) is 148 cm³/mol. The van der Waals surface area contributed by atoms with Crippen LogP contribution in [0.2, 0.25) is 0 Å². The van der Waals surface area contributed by atoms with Gasteiger partial charge in [-0.2, -0.15) is 0 Å². The first-order chi connectivity index (χ1) is 19.1. The van der Waals surface area contributed by atoms with E-state index in [1.54, 1.807) is 0 Å². The van der Waals surface area contributed by atoms with Gasteiger partial charge in [-0.05, 0) is 54.2 Å². The van der Waals surface area contributed by atoms with Gasteiger partial charge in [0.05, 0.1) is 19.1 Å². The summed E-state index contributed by atoms with van der Waals surface area (Å²) in [7, 11) is 0. The lowest BCUT2D eigenvalue weighted by atomic mass is 9.83. The molecular weight excluding hydrogens is 492 g/mol. The third kappa shape index (κ3) is 5.56. The van der Waals surface area contributed by atoms with Crippen molar-refractivity contribution in [3.05, 3.63) is 83.9 Å². The largest absolute Gasteiger partial charge is 0.487 e. The lowest BCUT2D eigenvalue weighted by Crippen LogP contribution is -2.47. The molecular formula is C32H34N2O5. The Hall–Kier alpha value is -3.68. The minimum atomic E-state index is -0.521. The second-order valence-corrected chi connectivity index (χ2v) is 10.8. The summed E-state index contributed by atoms with van der Waals surface area (Å²) >= 11 is 0. The van der Waals surface area contributed by atoms with Crippen molar-refractivity contribution in [1.29, 1.82) is 0 Å². The quantitative estimate of drug-likeness (QED) is 0.392. The fraction of sp³-hybridized carbons (Fsp3) is 0.375. The molecule has 3 aliphatic rings. The zero-order chi connectivity index (χ0) is 26.8.